The molecule has 0 unspecified atom stereocenters. The summed E-state index contributed by atoms with van der Waals surface area (Å²) < 4.78 is 5.80. The fourth-order valence-corrected chi connectivity index (χ4v) is 1.72. The fourth-order valence-electron chi connectivity index (χ4n) is 1.72. The molecule has 0 atom stereocenters. The number of hydrogen-bond donors (Lipinski definition) is 1. The highest BCUT2D eigenvalue weighted by atomic mass is 16.5. The molecule has 0 amide bonds. The SMILES string of the molecule is CCCNc1ncnc(OCCN(C)C)c1C(C)C. The van der Waals surface area contributed by atoms with Crippen molar-refractivity contribution in [2.45, 2.75) is 33.1 Å². The highest BCUT2D eigenvalue weighted by molar-refractivity contribution is 5.50. The maximum atomic E-state index is 5.80. The maximum absolute atomic E-state index is 5.80. The van der Waals surface area contributed by atoms with Crippen LogP contribution in [0.15, 0.2) is 6.33 Å². The molecule has 5 nitrogen and oxygen atoms in total. The van der Waals surface area contributed by atoms with Crippen molar-refractivity contribution in [3.05, 3.63) is 11.9 Å². The van der Waals surface area contributed by atoms with Crippen LogP contribution in [0.3, 0.4) is 0 Å². The van der Waals surface area contributed by atoms with Crippen molar-refractivity contribution in [3.63, 3.8) is 0 Å². The average molecular weight is 266 g/mol. The van der Waals surface area contributed by atoms with E-state index in [1.54, 1.807) is 6.33 Å². The minimum absolute atomic E-state index is 0.329. The van der Waals surface area contributed by atoms with Gasteiger partial charge in [-0.25, -0.2) is 9.97 Å². The van der Waals surface area contributed by atoms with Crippen molar-refractivity contribution in [1.29, 1.82) is 0 Å². The first kappa shape index (κ1) is 15.7. The summed E-state index contributed by atoms with van der Waals surface area (Å²) in [7, 11) is 4.06. The Bertz CT molecular complexity index is 380. The molecule has 5 heteroatoms. The minimum Gasteiger partial charge on any atom is -0.476 e. The summed E-state index contributed by atoms with van der Waals surface area (Å²) in [6, 6.07) is 0. The second kappa shape index (κ2) is 7.94. The molecule has 0 spiro atoms. The monoisotopic (exact) mass is 266 g/mol. The molecule has 19 heavy (non-hydrogen) atoms. The molecule has 1 heterocycles. The van der Waals surface area contributed by atoms with E-state index in [0.29, 0.717) is 18.4 Å². The van der Waals surface area contributed by atoms with Crippen molar-refractivity contribution >= 4 is 5.82 Å². The van der Waals surface area contributed by atoms with Crippen LogP contribution in [0, 0.1) is 0 Å². The molecule has 1 rings (SSSR count). The zero-order chi connectivity index (χ0) is 14.3. The van der Waals surface area contributed by atoms with Crippen LogP contribution in [0.1, 0.15) is 38.7 Å². The molecular weight excluding hydrogens is 240 g/mol. The lowest BCUT2D eigenvalue weighted by Gasteiger charge is -2.17. The number of likely N-dealkylation sites (N-methyl/N-ethyl adjacent to an activating group) is 1. The van der Waals surface area contributed by atoms with Crippen LogP contribution in [0.25, 0.3) is 0 Å². The van der Waals surface area contributed by atoms with Crippen LogP contribution in [0.5, 0.6) is 5.88 Å². The summed E-state index contributed by atoms with van der Waals surface area (Å²) in [4.78, 5) is 10.7. The van der Waals surface area contributed by atoms with Crippen molar-refractivity contribution in [2.24, 2.45) is 0 Å². The third-order valence-corrected chi connectivity index (χ3v) is 2.74. The van der Waals surface area contributed by atoms with E-state index in [0.717, 1.165) is 30.9 Å². The first-order valence-electron chi connectivity index (χ1n) is 6.92. The van der Waals surface area contributed by atoms with Gasteiger partial charge in [-0.2, -0.15) is 0 Å². The zero-order valence-corrected chi connectivity index (χ0v) is 12.7. The van der Waals surface area contributed by atoms with Crippen molar-refractivity contribution in [1.82, 2.24) is 14.9 Å². The van der Waals surface area contributed by atoms with Gasteiger partial charge >= 0.3 is 0 Å². The molecular formula is C14H26N4O. The number of ether oxygens (including phenoxy) is 1. The number of aromatic nitrogens is 2. The molecule has 0 aromatic carbocycles. The molecule has 0 fully saturated rings. The highest BCUT2D eigenvalue weighted by Crippen LogP contribution is 2.29. The molecule has 1 aromatic heterocycles. The predicted molar refractivity (Wildman–Crippen MR) is 79.0 cm³/mol. The van der Waals surface area contributed by atoms with Gasteiger partial charge in [-0.15, -0.1) is 0 Å². The Morgan fingerprint density at radius 3 is 2.63 bits per heavy atom. The number of hydrogen-bond acceptors (Lipinski definition) is 5. The van der Waals surface area contributed by atoms with Gasteiger partial charge in [0, 0.05) is 13.1 Å². The molecule has 0 saturated carbocycles. The van der Waals surface area contributed by atoms with Crippen LogP contribution >= 0.6 is 0 Å². The topological polar surface area (TPSA) is 50.3 Å². The Morgan fingerprint density at radius 1 is 1.32 bits per heavy atom. The van der Waals surface area contributed by atoms with E-state index < -0.39 is 0 Å². The number of nitrogens with zero attached hydrogens (tertiary/aromatic N) is 3. The van der Waals surface area contributed by atoms with Crippen LogP contribution in [-0.2, 0) is 0 Å². The van der Waals surface area contributed by atoms with Crippen LogP contribution in [0.4, 0.5) is 5.82 Å². The second-order valence-electron chi connectivity index (χ2n) is 5.17. The molecule has 1 N–H and O–H groups in total. The highest BCUT2D eigenvalue weighted by Gasteiger charge is 2.15. The molecule has 0 radical (unpaired) electrons. The molecule has 0 saturated heterocycles. The largest absolute Gasteiger partial charge is 0.476 e. The lowest BCUT2D eigenvalue weighted by atomic mass is 10.1. The van der Waals surface area contributed by atoms with Crippen molar-refractivity contribution < 1.29 is 4.74 Å². The summed E-state index contributed by atoms with van der Waals surface area (Å²) in [5.41, 5.74) is 1.06. The third-order valence-electron chi connectivity index (χ3n) is 2.74. The Morgan fingerprint density at radius 2 is 2.05 bits per heavy atom. The minimum atomic E-state index is 0.329. The molecule has 1 aromatic rings. The Labute approximate surface area is 116 Å². The summed E-state index contributed by atoms with van der Waals surface area (Å²) in [5.74, 6) is 1.92. The van der Waals surface area contributed by atoms with E-state index in [2.05, 4.69) is 41.0 Å². The third kappa shape index (κ3) is 5.03. The standard InChI is InChI=1S/C14H26N4O/c1-6-7-15-13-12(11(2)3)14(17-10-16-13)19-9-8-18(4)5/h10-11H,6-9H2,1-5H3,(H,15,16,17). The van der Waals surface area contributed by atoms with Gasteiger partial charge in [-0.3, -0.25) is 0 Å². The molecule has 0 aliphatic heterocycles. The maximum Gasteiger partial charge on any atom is 0.222 e. The van der Waals surface area contributed by atoms with Crippen molar-refractivity contribution in [3.8, 4) is 5.88 Å². The average Bonchev–Trinajstić information content (AvgIpc) is 2.35. The molecule has 0 bridgehead atoms. The van der Waals surface area contributed by atoms with E-state index in [9.17, 15) is 0 Å². The quantitative estimate of drug-likeness (QED) is 0.783. The van der Waals surface area contributed by atoms with E-state index in [1.165, 1.54) is 0 Å². The lowest BCUT2D eigenvalue weighted by molar-refractivity contribution is 0.251. The van der Waals surface area contributed by atoms with Gasteiger partial charge in [0.05, 0.1) is 5.56 Å². The first-order chi connectivity index (χ1) is 9.06. The predicted octanol–water partition coefficient (Wildman–Crippen LogP) is 2.36. The van der Waals surface area contributed by atoms with E-state index >= 15 is 0 Å². The van der Waals surface area contributed by atoms with Crippen LogP contribution < -0.4 is 10.1 Å². The number of nitrogens with one attached hydrogen (secondary N) is 1. The summed E-state index contributed by atoms with van der Waals surface area (Å²) in [6.07, 6.45) is 2.63. The summed E-state index contributed by atoms with van der Waals surface area (Å²) in [6.45, 7) is 8.82. The number of rotatable bonds is 8. The lowest BCUT2D eigenvalue weighted by Crippen LogP contribution is -2.20. The fraction of sp³-hybridized carbons (Fsp3) is 0.714. The Kier molecular flexibility index (Phi) is 6.56. The number of anilines is 1. The normalized spacial score (nSPS) is 11.1. The van der Waals surface area contributed by atoms with Crippen LogP contribution in [-0.4, -0.2) is 48.7 Å². The van der Waals surface area contributed by atoms with Gasteiger partial charge < -0.3 is 15.0 Å². The van der Waals surface area contributed by atoms with E-state index in [-0.39, 0.29) is 0 Å². The smallest absolute Gasteiger partial charge is 0.222 e. The molecule has 108 valence electrons. The van der Waals surface area contributed by atoms with Gasteiger partial charge in [-0.05, 0) is 26.4 Å². The first-order valence-corrected chi connectivity index (χ1v) is 6.92. The Balaban J connectivity index is 2.83. The second-order valence-corrected chi connectivity index (χ2v) is 5.17. The van der Waals surface area contributed by atoms with E-state index in [4.69, 9.17) is 4.74 Å². The van der Waals surface area contributed by atoms with Gasteiger partial charge in [0.1, 0.15) is 18.8 Å². The van der Waals surface area contributed by atoms with Crippen LogP contribution in [0.2, 0.25) is 0 Å². The zero-order valence-electron chi connectivity index (χ0n) is 12.7. The van der Waals surface area contributed by atoms with Gasteiger partial charge in [0.2, 0.25) is 5.88 Å². The molecule has 0 aliphatic carbocycles. The van der Waals surface area contributed by atoms with Gasteiger partial charge in [0.25, 0.3) is 0 Å². The van der Waals surface area contributed by atoms with E-state index in [1.807, 2.05) is 14.1 Å². The Hall–Kier alpha value is -1.36. The van der Waals surface area contributed by atoms with Gasteiger partial charge in [0.15, 0.2) is 0 Å². The van der Waals surface area contributed by atoms with Gasteiger partial charge in [-0.1, -0.05) is 20.8 Å². The van der Waals surface area contributed by atoms with Crippen molar-refractivity contribution in [2.75, 3.05) is 39.1 Å². The summed E-state index contributed by atoms with van der Waals surface area (Å²) in [5, 5.41) is 3.34. The molecule has 0 aliphatic rings. The summed E-state index contributed by atoms with van der Waals surface area (Å²) >= 11 is 0.